The lowest BCUT2D eigenvalue weighted by molar-refractivity contribution is 0.468. The largest absolute Gasteiger partial charge is 0.461 e. The van der Waals surface area contributed by atoms with Gasteiger partial charge in [-0.2, -0.15) is 8.42 Å². The van der Waals surface area contributed by atoms with E-state index in [0.717, 1.165) is 16.9 Å². The molecule has 0 spiro atoms. The lowest BCUT2D eigenvalue weighted by Crippen LogP contribution is -2.19. The van der Waals surface area contributed by atoms with Crippen molar-refractivity contribution < 1.29 is 12.8 Å². The number of aryl methyl sites for hydroxylation is 2. The quantitative estimate of drug-likeness (QED) is 0.751. The molecule has 3 rings (SSSR count). The van der Waals surface area contributed by atoms with E-state index in [2.05, 4.69) is 15.0 Å². The Labute approximate surface area is 146 Å². The molecule has 1 N–H and O–H groups in total. The molecule has 0 saturated carbocycles. The Bertz CT molecular complexity index is 1000. The van der Waals surface area contributed by atoms with Gasteiger partial charge < -0.3 is 4.42 Å². The summed E-state index contributed by atoms with van der Waals surface area (Å²) in [4.78, 5) is 0. The fourth-order valence-electron chi connectivity index (χ4n) is 2.46. The van der Waals surface area contributed by atoms with Crippen molar-refractivity contribution in [1.29, 1.82) is 0 Å². The van der Waals surface area contributed by atoms with Crippen LogP contribution in [0.15, 0.2) is 46.0 Å². The molecule has 1 aromatic carbocycles. The third-order valence-electron chi connectivity index (χ3n) is 3.81. The summed E-state index contributed by atoms with van der Waals surface area (Å²) >= 11 is 0. The summed E-state index contributed by atoms with van der Waals surface area (Å²) in [5, 5.41) is 7.60. The minimum Gasteiger partial charge on any atom is -0.461 e. The molecule has 0 bridgehead atoms. The summed E-state index contributed by atoms with van der Waals surface area (Å²) in [6, 6.07) is 9.11. The predicted molar refractivity (Wildman–Crippen MR) is 94.8 cm³/mol. The molecule has 0 radical (unpaired) electrons. The Morgan fingerprint density at radius 2 is 1.92 bits per heavy atom. The maximum absolute atomic E-state index is 12.8. The topological polar surface area (TPSA) is 90.0 Å². The highest BCUT2D eigenvalue weighted by Gasteiger charge is 2.23. The molecule has 0 amide bonds. The van der Waals surface area contributed by atoms with Gasteiger partial charge in [0, 0.05) is 11.6 Å². The van der Waals surface area contributed by atoms with Crippen LogP contribution in [0.5, 0.6) is 0 Å². The van der Waals surface area contributed by atoms with Gasteiger partial charge in [-0.25, -0.2) is 4.68 Å². The zero-order valence-corrected chi connectivity index (χ0v) is 15.3. The van der Waals surface area contributed by atoms with Crippen LogP contribution in [0.2, 0.25) is 0 Å². The number of sulfonamides is 1. The molecule has 132 valence electrons. The molecule has 0 atom stereocenters. The van der Waals surface area contributed by atoms with E-state index in [1.807, 2.05) is 52.0 Å². The van der Waals surface area contributed by atoms with Crippen LogP contribution in [-0.2, 0) is 10.0 Å². The van der Waals surface area contributed by atoms with Gasteiger partial charge >= 0.3 is 0 Å². The van der Waals surface area contributed by atoms with Gasteiger partial charge in [0.1, 0.15) is 11.5 Å². The van der Waals surface area contributed by atoms with Crippen LogP contribution < -0.4 is 4.72 Å². The molecule has 2 heterocycles. The smallest absolute Gasteiger partial charge is 0.280 e. The van der Waals surface area contributed by atoms with Crippen molar-refractivity contribution in [3.05, 3.63) is 47.9 Å². The third kappa shape index (κ3) is 3.43. The zero-order chi connectivity index (χ0) is 18.2. The molecule has 0 aliphatic heterocycles. The Hall–Kier alpha value is -2.61. The minimum atomic E-state index is -3.80. The van der Waals surface area contributed by atoms with Gasteiger partial charge in [0.05, 0.1) is 11.9 Å². The summed E-state index contributed by atoms with van der Waals surface area (Å²) in [6.45, 7) is 7.39. The van der Waals surface area contributed by atoms with E-state index >= 15 is 0 Å². The number of hydrogen-bond acceptors (Lipinski definition) is 5. The van der Waals surface area contributed by atoms with Crippen molar-refractivity contribution in [1.82, 2.24) is 15.0 Å². The summed E-state index contributed by atoms with van der Waals surface area (Å²) in [6.07, 6.45) is 1.25. The predicted octanol–water partition coefficient (Wildman–Crippen LogP) is 3.54. The number of hydrogen-bond donors (Lipinski definition) is 1. The van der Waals surface area contributed by atoms with E-state index in [1.54, 1.807) is 6.07 Å². The Kier molecular flexibility index (Phi) is 4.38. The van der Waals surface area contributed by atoms with Gasteiger partial charge in [0.25, 0.3) is 10.0 Å². The van der Waals surface area contributed by atoms with Crippen molar-refractivity contribution in [2.45, 2.75) is 38.8 Å². The number of rotatable bonds is 5. The van der Waals surface area contributed by atoms with E-state index in [0.29, 0.717) is 11.4 Å². The van der Waals surface area contributed by atoms with E-state index < -0.39 is 10.0 Å². The summed E-state index contributed by atoms with van der Waals surface area (Å²) < 4.78 is 35.1. The van der Waals surface area contributed by atoms with Crippen molar-refractivity contribution in [2.75, 3.05) is 4.72 Å². The van der Waals surface area contributed by atoms with E-state index in [1.165, 1.54) is 10.9 Å². The first-order valence-electron chi connectivity index (χ1n) is 7.88. The van der Waals surface area contributed by atoms with Crippen LogP contribution in [0.25, 0.3) is 11.3 Å². The monoisotopic (exact) mass is 360 g/mol. The van der Waals surface area contributed by atoms with Crippen LogP contribution in [0, 0.1) is 13.8 Å². The number of nitrogens with one attached hydrogen (secondary N) is 1. The molecule has 0 unspecified atom stereocenters. The number of nitrogens with zero attached hydrogens (tertiary/aromatic N) is 3. The molecule has 0 saturated heterocycles. The van der Waals surface area contributed by atoms with Gasteiger partial charge in [0.2, 0.25) is 0 Å². The molecule has 8 heteroatoms. The summed E-state index contributed by atoms with van der Waals surface area (Å²) in [5.74, 6) is 1.48. The number of benzene rings is 1. The average molecular weight is 360 g/mol. The number of anilines is 1. The molecule has 0 fully saturated rings. The average Bonchev–Trinajstić information content (AvgIpc) is 3.18. The zero-order valence-electron chi connectivity index (χ0n) is 14.5. The second-order valence-corrected chi connectivity index (χ2v) is 7.79. The minimum absolute atomic E-state index is 0.0288. The third-order valence-corrected chi connectivity index (χ3v) is 5.14. The highest BCUT2D eigenvalue weighted by atomic mass is 32.2. The Balaban J connectivity index is 1.98. The second-order valence-electron chi connectivity index (χ2n) is 6.16. The first kappa shape index (κ1) is 17.2. The lowest BCUT2D eigenvalue weighted by Gasteiger charge is -2.13. The standard InChI is InChI=1S/C17H20N4O3S/c1-11(2)21-17(10-18-20-21)25(22,23)19-15-9-14(7-5-12(15)3)16-8-6-13(4)24-16/h5-11,19H,1-4H3. The van der Waals surface area contributed by atoms with E-state index in [4.69, 9.17) is 4.42 Å². The highest BCUT2D eigenvalue weighted by molar-refractivity contribution is 7.92. The van der Waals surface area contributed by atoms with Crippen molar-refractivity contribution in [3.63, 3.8) is 0 Å². The van der Waals surface area contributed by atoms with Gasteiger partial charge in [-0.1, -0.05) is 17.3 Å². The van der Waals surface area contributed by atoms with Crippen molar-refractivity contribution in [3.8, 4) is 11.3 Å². The van der Waals surface area contributed by atoms with Gasteiger partial charge in [-0.3, -0.25) is 4.72 Å². The maximum atomic E-state index is 12.8. The van der Waals surface area contributed by atoms with Crippen LogP contribution in [0.3, 0.4) is 0 Å². The summed E-state index contributed by atoms with van der Waals surface area (Å²) in [7, 11) is -3.80. The van der Waals surface area contributed by atoms with Crippen molar-refractivity contribution >= 4 is 15.7 Å². The molecule has 3 aromatic rings. The second kappa shape index (κ2) is 6.36. The fraction of sp³-hybridized carbons (Fsp3) is 0.294. The first-order valence-corrected chi connectivity index (χ1v) is 9.37. The van der Waals surface area contributed by atoms with Crippen LogP contribution >= 0.6 is 0 Å². The molecule has 25 heavy (non-hydrogen) atoms. The van der Waals surface area contributed by atoms with E-state index in [9.17, 15) is 8.42 Å². The Morgan fingerprint density at radius 1 is 1.16 bits per heavy atom. The van der Waals surface area contributed by atoms with Crippen LogP contribution in [-0.4, -0.2) is 23.4 Å². The molecule has 7 nitrogen and oxygen atoms in total. The van der Waals surface area contributed by atoms with Gasteiger partial charge in [-0.15, -0.1) is 5.10 Å². The molecule has 2 aromatic heterocycles. The van der Waals surface area contributed by atoms with E-state index in [-0.39, 0.29) is 11.1 Å². The normalized spacial score (nSPS) is 11.9. The van der Waals surface area contributed by atoms with Gasteiger partial charge in [-0.05, 0) is 51.5 Å². The van der Waals surface area contributed by atoms with Gasteiger partial charge in [0.15, 0.2) is 5.03 Å². The molecular formula is C17H20N4O3S. The van der Waals surface area contributed by atoms with Crippen molar-refractivity contribution in [2.24, 2.45) is 0 Å². The highest BCUT2D eigenvalue weighted by Crippen LogP contribution is 2.28. The Morgan fingerprint density at radius 3 is 2.56 bits per heavy atom. The molecular weight excluding hydrogens is 340 g/mol. The van der Waals surface area contributed by atoms with Crippen LogP contribution in [0.4, 0.5) is 5.69 Å². The lowest BCUT2D eigenvalue weighted by atomic mass is 10.1. The summed E-state index contributed by atoms with van der Waals surface area (Å²) in [5.41, 5.74) is 2.09. The fourth-order valence-corrected chi connectivity index (χ4v) is 3.75. The molecule has 0 aliphatic carbocycles. The number of aromatic nitrogens is 3. The molecule has 0 aliphatic rings. The first-order chi connectivity index (χ1) is 11.8. The van der Waals surface area contributed by atoms with Crippen LogP contribution in [0.1, 0.15) is 31.2 Å². The maximum Gasteiger partial charge on any atom is 0.280 e. The SMILES string of the molecule is Cc1ccc(-c2ccc(C)c(NS(=O)(=O)c3cnnn3C(C)C)c2)o1. The number of furan rings is 1.